The molecule has 1 aromatic rings. The van der Waals surface area contributed by atoms with E-state index >= 15 is 0 Å². The molecule has 0 amide bonds. The summed E-state index contributed by atoms with van der Waals surface area (Å²) in [6.07, 6.45) is 0.596. The summed E-state index contributed by atoms with van der Waals surface area (Å²) in [5.74, 6) is -0.772. The minimum absolute atomic E-state index is 0.458. The molecule has 0 bridgehead atoms. The van der Waals surface area contributed by atoms with Gasteiger partial charge in [0.25, 0.3) is 0 Å². The van der Waals surface area contributed by atoms with Gasteiger partial charge >= 0.3 is 5.97 Å². The van der Waals surface area contributed by atoms with Crippen molar-refractivity contribution >= 4 is 11.7 Å². The quantitative estimate of drug-likeness (QED) is 0.849. The van der Waals surface area contributed by atoms with Gasteiger partial charge in [0.1, 0.15) is 6.04 Å². The Labute approximate surface area is 96.7 Å². The van der Waals surface area contributed by atoms with Crippen molar-refractivity contribution in [1.29, 1.82) is 0 Å². The number of carboxylic acids is 1. The van der Waals surface area contributed by atoms with Crippen LogP contribution >= 0.6 is 0 Å². The second-order valence-electron chi connectivity index (χ2n) is 4.16. The smallest absolute Gasteiger partial charge is 0.326 e. The van der Waals surface area contributed by atoms with E-state index in [-0.39, 0.29) is 0 Å². The minimum atomic E-state index is -0.772. The maximum absolute atomic E-state index is 11.1. The van der Waals surface area contributed by atoms with Gasteiger partial charge < -0.3 is 10.0 Å². The van der Waals surface area contributed by atoms with Crippen molar-refractivity contribution in [3.63, 3.8) is 0 Å². The average Bonchev–Trinajstić information content (AvgIpc) is 2.22. The molecule has 0 heterocycles. The van der Waals surface area contributed by atoms with Gasteiger partial charge in [0, 0.05) is 12.7 Å². The van der Waals surface area contributed by atoms with Gasteiger partial charge in [-0.1, -0.05) is 19.1 Å². The standard InChI is InChI=1S/C13H19NO2/c1-5-11(13(15)16)14(4)12-8-9(2)6-7-10(12)3/h6-8,11H,5H2,1-4H3,(H,15,16). The molecule has 88 valence electrons. The van der Waals surface area contributed by atoms with Crippen LogP contribution in [0.15, 0.2) is 18.2 Å². The maximum Gasteiger partial charge on any atom is 0.326 e. The highest BCUT2D eigenvalue weighted by molar-refractivity contribution is 5.78. The second kappa shape index (κ2) is 5.01. The van der Waals surface area contributed by atoms with Gasteiger partial charge in [-0.2, -0.15) is 0 Å². The molecular weight excluding hydrogens is 202 g/mol. The van der Waals surface area contributed by atoms with Crippen LogP contribution in [0.3, 0.4) is 0 Å². The Morgan fingerprint density at radius 1 is 1.44 bits per heavy atom. The summed E-state index contributed by atoms with van der Waals surface area (Å²) in [5.41, 5.74) is 3.25. The number of carboxylic acid groups (broad SMARTS) is 1. The highest BCUT2D eigenvalue weighted by atomic mass is 16.4. The largest absolute Gasteiger partial charge is 0.480 e. The lowest BCUT2D eigenvalue weighted by Crippen LogP contribution is -2.38. The molecule has 0 saturated carbocycles. The van der Waals surface area contributed by atoms with E-state index in [0.717, 1.165) is 16.8 Å². The van der Waals surface area contributed by atoms with Gasteiger partial charge in [0.05, 0.1) is 0 Å². The molecule has 0 fully saturated rings. The van der Waals surface area contributed by atoms with Gasteiger partial charge in [-0.3, -0.25) is 0 Å². The Morgan fingerprint density at radius 2 is 2.06 bits per heavy atom. The molecule has 0 radical (unpaired) electrons. The van der Waals surface area contributed by atoms with Gasteiger partial charge in [0.2, 0.25) is 0 Å². The molecule has 0 aliphatic rings. The number of aryl methyl sites for hydroxylation is 2. The van der Waals surface area contributed by atoms with E-state index in [2.05, 4.69) is 0 Å². The molecule has 1 N–H and O–H groups in total. The molecule has 0 aromatic heterocycles. The highest BCUT2D eigenvalue weighted by Crippen LogP contribution is 2.23. The van der Waals surface area contributed by atoms with Crippen LogP contribution in [0.1, 0.15) is 24.5 Å². The van der Waals surface area contributed by atoms with Crippen molar-refractivity contribution in [3.05, 3.63) is 29.3 Å². The van der Waals surface area contributed by atoms with E-state index < -0.39 is 12.0 Å². The fourth-order valence-corrected chi connectivity index (χ4v) is 1.88. The average molecular weight is 221 g/mol. The van der Waals surface area contributed by atoms with E-state index in [4.69, 9.17) is 5.11 Å². The van der Waals surface area contributed by atoms with E-state index in [1.165, 1.54) is 0 Å². The molecular formula is C13H19NO2. The fourth-order valence-electron chi connectivity index (χ4n) is 1.88. The van der Waals surface area contributed by atoms with Crippen molar-refractivity contribution < 1.29 is 9.90 Å². The van der Waals surface area contributed by atoms with E-state index in [9.17, 15) is 4.79 Å². The normalized spacial score (nSPS) is 12.2. The van der Waals surface area contributed by atoms with Crippen LogP contribution in [0.5, 0.6) is 0 Å². The Hall–Kier alpha value is -1.51. The zero-order valence-electron chi connectivity index (χ0n) is 10.3. The highest BCUT2D eigenvalue weighted by Gasteiger charge is 2.21. The summed E-state index contributed by atoms with van der Waals surface area (Å²) in [5, 5.41) is 9.12. The van der Waals surface area contributed by atoms with Crippen LogP contribution in [0, 0.1) is 13.8 Å². The molecule has 1 aromatic carbocycles. The third-order valence-corrected chi connectivity index (χ3v) is 2.88. The summed E-state index contributed by atoms with van der Waals surface area (Å²) in [4.78, 5) is 12.9. The van der Waals surface area contributed by atoms with Crippen LogP contribution < -0.4 is 4.90 Å². The molecule has 16 heavy (non-hydrogen) atoms. The predicted molar refractivity (Wildman–Crippen MR) is 66.0 cm³/mol. The van der Waals surface area contributed by atoms with Crippen LogP contribution in [-0.4, -0.2) is 24.2 Å². The summed E-state index contributed by atoms with van der Waals surface area (Å²) >= 11 is 0. The third kappa shape index (κ3) is 2.54. The number of benzene rings is 1. The molecule has 3 nitrogen and oxygen atoms in total. The number of hydrogen-bond acceptors (Lipinski definition) is 2. The topological polar surface area (TPSA) is 40.5 Å². The van der Waals surface area contributed by atoms with E-state index in [1.807, 2.05) is 50.9 Å². The van der Waals surface area contributed by atoms with Crippen molar-refractivity contribution in [1.82, 2.24) is 0 Å². The molecule has 0 spiro atoms. The van der Waals surface area contributed by atoms with Crippen LogP contribution in [-0.2, 0) is 4.79 Å². The SMILES string of the molecule is CCC(C(=O)O)N(C)c1cc(C)ccc1C. The summed E-state index contributed by atoms with van der Waals surface area (Å²) in [7, 11) is 1.84. The fraction of sp³-hybridized carbons (Fsp3) is 0.462. The lowest BCUT2D eigenvalue weighted by molar-refractivity contribution is -0.138. The zero-order valence-corrected chi connectivity index (χ0v) is 10.3. The van der Waals surface area contributed by atoms with Crippen LogP contribution in [0.25, 0.3) is 0 Å². The molecule has 1 unspecified atom stereocenters. The van der Waals surface area contributed by atoms with E-state index in [1.54, 1.807) is 0 Å². The van der Waals surface area contributed by atoms with Crippen molar-refractivity contribution in [2.75, 3.05) is 11.9 Å². The number of nitrogens with zero attached hydrogens (tertiary/aromatic N) is 1. The first kappa shape index (κ1) is 12.6. The van der Waals surface area contributed by atoms with Gasteiger partial charge in [0.15, 0.2) is 0 Å². The monoisotopic (exact) mass is 221 g/mol. The molecule has 0 aliphatic heterocycles. The Kier molecular flexibility index (Phi) is 3.93. The maximum atomic E-state index is 11.1. The predicted octanol–water partition coefficient (Wildman–Crippen LogP) is 2.60. The molecule has 1 atom stereocenters. The number of hydrogen-bond donors (Lipinski definition) is 1. The Morgan fingerprint density at radius 3 is 2.56 bits per heavy atom. The van der Waals surface area contributed by atoms with E-state index in [0.29, 0.717) is 6.42 Å². The number of likely N-dealkylation sites (N-methyl/N-ethyl adjacent to an activating group) is 1. The first-order valence-electron chi connectivity index (χ1n) is 5.50. The Balaban J connectivity index is 3.07. The summed E-state index contributed by atoms with van der Waals surface area (Å²) < 4.78 is 0. The van der Waals surface area contributed by atoms with Gasteiger partial charge in [-0.25, -0.2) is 4.79 Å². The Bertz CT molecular complexity index is 388. The molecule has 0 aliphatic carbocycles. The third-order valence-electron chi connectivity index (χ3n) is 2.88. The number of carbonyl (C=O) groups is 1. The molecule has 1 rings (SSSR count). The zero-order chi connectivity index (χ0) is 12.3. The van der Waals surface area contributed by atoms with Crippen molar-refractivity contribution in [2.24, 2.45) is 0 Å². The number of anilines is 1. The first-order chi connectivity index (χ1) is 7.47. The molecule has 3 heteroatoms. The number of aliphatic carboxylic acids is 1. The van der Waals surface area contributed by atoms with Gasteiger partial charge in [-0.15, -0.1) is 0 Å². The molecule has 0 saturated heterocycles. The first-order valence-corrected chi connectivity index (χ1v) is 5.50. The van der Waals surface area contributed by atoms with Crippen molar-refractivity contribution in [3.8, 4) is 0 Å². The van der Waals surface area contributed by atoms with Crippen molar-refractivity contribution in [2.45, 2.75) is 33.2 Å². The summed E-state index contributed by atoms with van der Waals surface area (Å²) in [6, 6.07) is 5.63. The second-order valence-corrected chi connectivity index (χ2v) is 4.16. The van der Waals surface area contributed by atoms with Crippen LogP contribution in [0.4, 0.5) is 5.69 Å². The summed E-state index contributed by atoms with van der Waals surface area (Å²) in [6.45, 7) is 5.90. The van der Waals surface area contributed by atoms with Gasteiger partial charge in [-0.05, 0) is 37.5 Å². The lowest BCUT2D eigenvalue weighted by atomic mass is 10.1. The number of rotatable bonds is 4. The lowest BCUT2D eigenvalue weighted by Gasteiger charge is -2.27. The minimum Gasteiger partial charge on any atom is -0.480 e. The van der Waals surface area contributed by atoms with Crippen LogP contribution in [0.2, 0.25) is 0 Å².